The molecule has 0 aromatic heterocycles. The van der Waals surface area contributed by atoms with E-state index in [2.05, 4.69) is 11.7 Å². The zero-order chi connectivity index (χ0) is 15.3. The molecule has 4 nitrogen and oxygen atoms in total. The monoisotopic (exact) mass is 291 g/mol. The van der Waals surface area contributed by atoms with Gasteiger partial charge in [-0.15, -0.1) is 0 Å². The first-order chi connectivity index (χ1) is 10.3. The Kier molecular flexibility index (Phi) is 8.93. The number of carbonyl (C=O) groups is 1. The molecular weight excluding hydrogens is 268 g/mol. The first-order valence-corrected chi connectivity index (χ1v) is 7.53. The quantitative estimate of drug-likeness (QED) is 0.463. The predicted molar refractivity (Wildman–Crippen MR) is 80.8 cm³/mol. The molecule has 0 saturated carbocycles. The van der Waals surface area contributed by atoms with Crippen LogP contribution >= 0.6 is 0 Å². The maximum atomic E-state index is 11.8. The van der Waals surface area contributed by atoms with Crippen LogP contribution in [0.5, 0.6) is 0 Å². The van der Waals surface area contributed by atoms with Crippen molar-refractivity contribution in [3.05, 3.63) is 35.4 Å². The molecule has 0 unspecified atom stereocenters. The van der Waals surface area contributed by atoms with E-state index in [0.717, 1.165) is 44.1 Å². The van der Waals surface area contributed by atoms with E-state index < -0.39 is 0 Å². The summed E-state index contributed by atoms with van der Waals surface area (Å²) in [6.45, 7) is 4.42. The van der Waals surface area contributed by atoms with E-state index in [0.29, 0.717) is 18.8 Å². The van der Waals surface area contributed by atoms with Gasteiger partial charge in [-0.3, -0.25) is 0 Å². The van der Waals surface area contributed by atoms with Crippen molar-refractivity contribution in [2.24, 2.45) is 0 Å². The maximum absolute atomic E-state index is 11.8. The number of unbranched alkanes of at least 4 members (excludes halogenated alkanes) is 3. The molecule has 4 heteroatoms. The first-order valence-electron chi connectivity index (χ1n) is 7.53. The molecule has 21 heavy (non-hydrogen) atoms. The van der Waals surface area contributed by atoms with Crippen LogP contribution in [0.25, 0.3) is 0 Å². The minimum atomic E-state index is -0.257. The van der Waals surface area contributed by atoms with Gasteiger partial charge in [0.15, 0.2) is 0 Å². The second kappa shape index (κ2) is 10.9. The Balaban J connectivity index is 2.28. The molecule has 0 bridgehead atoms. The van der Waals surface area contributed by atoms with E-state index in [9.17, 15) is 9.59 Å². The third-order valence-corrected chi connectivity index (χ3v) is 3.19. The number of benzene rings is 1. The molecule has 0 aliphatic rings. The Labute approximate surface area is 126 Å². The van der Waals surface area contributed by atoms with Crippen LogP contribution in [-0.4, -0.2) is 25.7 Å². The third kappa shape index (κ3) is 7.49. The summed E-state index contributed by atoms with van der Waals surface area (Å²) in [7, 11) is 0. The minimum absolute atomic E-state index is 0.257. The molecule has 0 fully saturated rings. The highest BCUT2D eigenvalue weighted by molar-refractivity contribution is 5.89. The number of carbonyl (C=O) groups excluding carboxylic acids is 2. The second-order valence-corrected chi connectivity index (χ2v) is 4.93. The Morgan fingerprint density at radius 3 is 2.43 bits per heavy atom. The lowest BCUT2D eigenvalue weighted by Crippen LogP contribution is -2.06. The lowest BCUT2D eigenvalue weighted by Gasteiger charge is -2.05. The number of ether oxygens (including phenoxy) is 2. The fourth-order valence-electron chi connectivity index (χ4n) is 1.95. The lowest BCUT2D eigenvalue weighted by atomic mass is 10.1. The molecule has 0 aliphatic heterocycles. The highest BCUT2D eigenvalue weighted by Crippen LogP contribution is 2.09. The van der Waals surface area contributed by atoms with Gasteiger partial charge >= 0.3 is 12.4 Å². The van der Waals surface area contributed by atoms with Gasteiger partial charge in [0.25, 0.3) is 0 Å². The Hall–Kier alpha value is -1.84. The van der Waals surface area contributed by atoms with Gasteiger partial charge in [-0.05, 0) is 43.4 Å². The largest absolute Gasteiger partial charge is 0.462 e. The van der Waals surface area contributed by atoms with E-state index in [4.69, 9.17) is 4.74 Å². The summed E-state index contributed by atoms with van der Waals surface area (Å²) in [4.78, 5) is 21.6. The number of esters is 1. The van der Waals surface area contributed by atoms with Crippen molar-refractivity contribution in [3.8, 4) is 0 Å². The molecule has 1 aromatic rings. The van der Waals surface area contributed by atoms with E-state index in [1.165, 1.54) is 6.47 Å². The van der Waals surface area contributed by atoms with Crippen molar-refractivity contribution in [2.75, 3.05) is 13.2 Å². The molecule has 0 amide bonds. The van der Waals surface area contributed by atoms with Crippen LogP contribution in [0.2, 0.25) is 0 Å². The Morgan fingerprint density at radius 2 is 1.76 bits per heavy atom. The van der Waals surface area contributed by atoms with Crippen molar-refractivity contribution in [1.29, 1.82) is 0 Å². The topological polar surface area (TPSA) is 52.6 Å². The molecule has 0 N–H and O–H groups in total. The van der Waals surface area contributed by atoms with Crippen molar-refractivity contribution in [1.82, 2.24) is 0 Å². The average Bonchev–Trinajstić information content (AvgIpc) is 2.52. The van der Waals surface area contributed by atoms with E-state index in [-0.39, 0.29) is 5.97 Å². The molecular formula is C17H23O4. The van der Waals surface area contributed by atoms with Crippen LogP contribution in [0.1, 0.15) is 54.9 Å². The average molecular weight is 291 g/mol. The van der Waals surface area contributed by atoms with Crippen LogP contribution < -0.4 is 0 Å². The molecule has 1 aromatic carbocycles. The van der Waals surface area contributed by atoms with Crippen molar-refractivity contribution in [3.63, 3.8) is 0 Å². The van der Waals surface area contributed by atoms with Gasteiger partial charge in [0, 0.05) is 0 Å². The standard InChI is InChI=1S/C17H23O4/c1-2-3-5-13-21-17(19)16-10-8-15(9-11-16)7-4-6-12-20-14-18/h8-11H,2-7,12-13H2,1H3. The minimum Gasteiger partial charge on any atom is -0.462 e. The fraction of sp³-hybridized carbons (Fsp3) is 0.529. The van der Waals surface area contributed by atoms with Crippen LogP contribution in [-0.2, 0) is 20.7 Å². The van der Waals surface area contributed by atoms with Gasteiger partial charge in [0.1, 0.15) is 0 Å². The molecule has 0 spiro atoms. The first kappa shape index (κ1) is 17.2. The summed E-state index contributed by atoms with van der Waals surface area (Å²) in [6.07, 6.45) is 5.76. The molecule has 0 atom stereocenters. The Bertz CT molecular complexity index is 411. The zero-order valence-electron chi connectivity index (χ0n) is 12.6. The van der Waals surface area contributed by atoms with Crippen LogP contribution in [0.15, 0.2) is 24.3 Å². The number of hydrogen-bond donors (Lipinski definition) is 0. The van der Waals surface area contributed by atoms with E-state index in [1.54, 1.807) is 12.1 Å². The fourth-order valence-corrected chi connectivity index (χ4v) is 1.95. The van der Waals surface area contributed by atoms with Gasteiger partial charge < -0.3 is 9.47 Å². The summed E-state index contributed by atoms with van der Waals surface area (Å²) in [5.41, 5.74) is 1.75. The van der Waals surface area contributed by atoms with Gasteiger partial charge in [0.2, 0.25) is 0 Å². The summed E-state index contributed by atoms with van der Waals surface area (Å²) < 4.78 is 9.71. The van der Waals surface area contributed by atoms with Gasteiger partial charge in [0.05, 0.1) is 18.8 Å². The van der Waals surface area contributed by atoms with Crippen LogP contribution in [0.4, 0.5) is 0 Å². The highest BCUT2D eigenvalue weighted by Gasteiger charge is 2.06. The summed E-state index contributed by atoms with van der Waals surface area (Å²) >= 11 is 0. The maximum Gasteiger partial charge on any atom is 0.417 e. The molecule has 115 valence electrons. The third-order valence-electron chi connectivity index (χ3n) is 3.19. The zero-order valence-corrected chi connectivity index (χ0v) is 12.6. The number of hydrogen-bond acceptors (Lipinski definition) is 4. The van der Waals surface area contributed by atoms with E-state index in [1.807, 2.05) is 12.1 Å². The van der Waals surface area contributed by atoms with Crippen molar-refractivity contribution < 1.29 is 19.1 Å². The molecule has 1 radical (unpaired) electrons. The van der Waals surface area contributed by atoms with E-state index >= 15 is 0 Å². The SMILES string of the molecule is CCCCCOC(=O)c1ccc(CCCCO[C]=O)cc1. The lowest BCUT2D eigenvalue weighted by molar-refractivity contribution is 0.0498. The molecule has 1 rings (SSSR count). The summed E-state index contributed by atoms with van der Waals surface area (Å²) in [5.74, 6) is -0.257. The van der Waals surface area contributed by atoms with Gasteiger partial charge in [-0.1, -0.05) is 31.9 Å². The number of rotatable bonds is 11. The van der Waals surface area contributed by atoms with Crippen molar-refractivity contribution in [2.45, 2.75) is 45.4 Å². The molecule has 0 aliphatic carbocycles. The van der Waals surface area contributed by atoms with Crippen LogP contribution in [0, 0.1) is 0 Å². The smallest absolute Gasteiger partial charge is 0.417 e. The normalized spacial score (nSPS) is 10.1. The highest BCUT2D eigenvalue weighted by atomic mass is 16.5. The van der Waals surface area contributed by atoms with Crippen LogP contribution in [0.3, 0.4) is 0 Å². The number of aryl methyl sites for hydroxylation is 1. The van der Waals surface area contributed by atoms with Gasteiger partial charge in [-0.25, -0.2) is 9.59 Å². The van der Waals surface area contributed by atoms with Gasteiger partial charge in [-0.2, -0.15) is 0 Å². The molecule has 0 heterocycles. The summed E-state index contributed by atoms with van der Waals surface area (Å²) in [5, 5.41) is 0. The summed E-state index contributed by atoms with van der Waals surface area (Å²) in [6, 6.07) is 7.48. The predicted octanol–water partition coefficient (Wildman–Crippen LogP) is 3.44. The Morgan fingerprint density at radius 1 is 1.05 bits per heavy atom. The molecule has 0 saturated heterocycles. The second-order valence-electron chi connectivity index (χ2n) is 4.93. The van der Waals surface area contributed by atoms with Crippen molar-refractivity contribution >= 4 is 12.4 Å².